The van der Waals surface area contributed by atoms with Crippen molar-refractivity contribution in [3.63, 3.8) is 0 Å². The van der Waals surface area contributed by atoms with Gasteiger partial charge in [-0.3, -0.25) is 0 Å². The molecule has 0 amide bonds. The minimum absolute atomic E-state index is 0.226. The van der Waals surface area contributed by atoms with Crippen molar-refractivity contribution in [2.45, 2.75) is 59.1 Å². The second-order valence-electron chi connectivity index (χ2n) is 6.42. The van der Waals surface area contributed by atoms with E-state index in [2.05, 4.69) is 26.1 Å². The Bertz CT molecular complexity index is 249. The van der Waals surface area contributed by atoms with Crippen molar-refractivity contribution < 1.29 is 5.11 Å². The van der Waals surface area contributed by atoms with Gasteiger partial charge >= 0.3 is 0 Å². The third-order valence-corrected chi connectivity index (χ3v) is 5.45. The third kappa shape index (κ3) is 1.53. The van der Waals surface area contributed by atoms with Crippen LogP contribution in [0.5, 0.6) is 0 Å². The Morgan fingerprint density at radius 3 is 2.47 bits per heavy atom. The van der Waals surface area contributed by atoms with Crippen LogP contribution in [0.2, 0.25) is 0 Å². The molecule has 2 saturated carbocycles. The lowest BCUT2D eigenvalue weighted by molar-refractivity contribution is 0.109. The number of aliphatic hydroxyl groups excluding tert-OH is 1. The monoisotopic (exact) mass is 211 g/mol. The van der Waals surface area contributed by atoms with Crippen molar-refractivity contribution in [1.29, 1.82) is 0 Å². The molecule has 0 spiro atoms. The van der Waals surface area contributed by atoms with Gasteiger partial charge in [0.2, 0.25) is 0 Å². The predicted molar refractivity (Wildman–Crippen MR) is 62.7 cm³/mol. The lowest BCUT2D eigenvalue weighted by Crippen LogP contribution is -2.46. The maximum atomic E-state index is 9.33. The van der Waals surface area contributed by atoms with E-state index in [0.717, 1.165) is 12.5 Å². The summed E-state index contributed by atoms with van der Waals surface area (Å²) in [4.78, 5) is 0. The standard InChI is InChI=1S/C13H25NO/c1-9(15)8-14-11-7-10-5-6-13(11,4)12(10,2)3/h9-11,14-15H,5-8H2,1-4H3/t9-,10?,11?,13-/m0/s1. The van der Waals surface area contributed by atoms with Crippen LogP contribution in [-0.2, 0) is 0 Å². The summed E-state index contributed by atoms with van der Waals surface area (Å²) in [6.07, 6.45) is 3.82. The number of rotatable bonds is 3. The molecule has 2 rings (SSSR count). The first kappa shape index (κ1) is 11.4. The molecule has 0 radical (unpaired) electrons. The fourth-order valence-electron chi connectivity index (χ4n) is 3.83. The molecule has 0 aliphatic heterocycles. The molecule has 0 heterocycles. The zero-order chi connectivity index (χ0) is 11.3. The zero-order valence-corrected chi connectivity index (χ0v) is 10.5. The van der Waals surface area contributed by atoms with E-state index < -0.39 is 0 Å². The molecule has 2 N–H and O–H groups in total. The van der Waals surface area contributed by atoms with Crippen LogP contribution in [0.4, 0.5) is 0 Å². The van der Waals surface area contributed by atoms with Gasteiger partial charge in [0, 0.05) is 12.6 Å². The van der Waals surface area contributed by atoms with E-state index in [1.165, 1.54) is 19.3 Å². The first-order valence-electron chi connectivity index (χ1n) is 6.29. The minimum atomic E-state index is -0.226. The van der Waals surface area contributed by atoms with E-state index >= 15 is 0 Å². The molecule has 0 aromatic carbocycles. The van der Waals surface area contributed by atoms with Crippen LogP contribution in [0.3, 0.4) is 0 Å². The molecule has 15 heavy (non-hydrogen) atoms. The van der Waals surface area contributed by atoms with Gasteiger partial charge in [-0.15, -0.1) is 0 Å². The zero-order valence-electron chi connectivity index (χ0n) is 10.5. The Kier molecular flexibility index (Phi) is 2.63. The molecule has 88 valence electrons. The van der Waals surface area contributed by atoms with Gasteiger partial charge in [-0.2, -0.15) is 0 Å². The summed E-state index contributed by atoms with van der Waals surface area (Å²) in [5, 5.41) is 12.9. The molecular weight excluding hydrogens is 186 g/mol. The first-order chi connectivity index (χ1) is 6.88. The summed E-state index contributed by atoms with van der Waals surface area (Å²) in [5.74, 6) is 0.883. The van der Waals surface area contributed by atoms with Crippen LogP contribution in [-0.4, -0.2) is 23.8 Å². The van der Waals surface area contributed by atoms with Gasteiger partial charge in [-0.25, -0.2) is 0 Å². The molecule has 2 nitrogen and oxygen atoms in total. The highest BCUT2D eigenvalue weighted by Crippen LogP contribution is 2.65. The molecule has 2 unspecified atom stereocenters. The van der Waals surface area contributed by atoms with Crippen molar-refractivity contribution in [2.24, 2.45) is 16.7 Å². The van der Waals surface area contributed by atoms with Gasteiger partial charge in [0.15, 0.2) is 0 Å². The van der Waals surface area contributed by atoms with Crippen LogP contribution in [0.1, 0.15) is 47.0 Å². The summed E-state index contributed by atoms with van der Waals surface area (Å²) in [6.45, 7) is 9.87. The number of hydrogen-bond acceptors (Lipinski definition) is 2. The molecule has 2 bridgehead atoms. The van der Waals surface area contributed by atoms with Crippen molar-refractivity contribution >= 4 is 0 Å². The van der Waals surface area contributed by atoms with E-state index in [1.54, 1.807) is 0 Å². The molecular formula is C13H25NO. The molecule has 0 aromatic heterocycles. The number of nitrogens with one attached hydrogen (secondary N) is 1. The van der Waals surface area contributed by atoms with E-state index in [9.17, 15) is 5.11 Å². The van der Waals surface area contributed by atoms with Gasteiger partial charge in [-0.1, -0.05) is 20.8 Å². The number of aliphatic hydroxyl groups is 1. The average Bonchev–Trinajstić information content (AvgIpc) is 2.46. The lowest BCUT2D eigenvalue weighted by Gasteiger charge is -2.39. The first-order valence-corrected chi connectivity index (χ1v) is 6.29. The van der Waals surface area contributed by atoms with E-state index in [1.807, 2.05) is 6.92 Å². The highest BCUT2D eigenvalue weighted by molar-refractivity contribution is 5.12. The van der Waals surface area contributed by atoms with Crippen molar-refractivity contribution in [3.8, 4) is 0 Å². The number of hydrogen-bond donors (Lipinski definition) is 2. The normalized spacial score (nSPS) is 44.6. The van der Waals surface area contributed by atoms with Crippen LogP contribution in [0.15, 0.2) is 0 Å². The van der Waals surface area contributed by atoms with Crippen LogP contribution >= 0.6 is 0 Å². The van der Waals surface area contributed by atoms with Gasteiger partial charge in [-0.05, 0) is 42.9 Å². The second-order valence-corrected chi connectivity index (χ2v) is 6.42. The Balaban J connectivity index is 2.06. The Labute approximate surface area is 93.5 Å². The Morgan fingerprint density at radius 1 is 1.40 bits per heavy atom. The third-order valence-electron chi connectivity index (χ3n) is 5.45. The molecule has 0 aromatic rings. The maximum absolute atomic E-state index is 9.33. The minimum Gasteiger partial charge on any atom is -0.392 e. The SMILES string of the molecule is C[C@H](O)CNC1CC2CC[C@]1(C)C2(C)C. The maximum Gasteiger partial charge on any atom is 0.0636 e. The lowest BCUT2D eigenvalue weighted by atomic mass is 9.69. The molecule has 2 heteroatoms. The topological polar surface area (TPSA) is 32.3 Å². The molecule has 0 saturated heterocycles. The van der Waals surface area contributed by atoms with Crippen LogP contribution in [0, 0.1) is 16.7 Å². The molecule has 2 aliphatic carbocycles. The van der Waals surface area contributed by atoms with Crippen molar-refractivity contribution in [3.05, 3.63) is 0 Å². The van der Waals surface area contributed by atoms with Crippen LogP contribution < -0.4 is 5.32 Å². The summed E-state index contributed by atoms with van der Waals surface area (Å²) in [5.41, 5.74) is 0.913. The summed E-state index contributed by atoms with van der Waals surface area (Å²) in [7, 11) is 0. The molecule has 2 aliphatic rings. The van der Waals surface area contributed by atoms with E-state index in [0.29, 0.717) is 16.9 Å². The smallest absolute Gasteiger partial charge is 0.0636 e. The molecule has 4 atom stereocenters. The summed E-state index contributed by atoms with van der Waals surface area (Å²) < 4.78 is 0. The van der Waals surface area contributed by atoms with Crippen LogP contribution in [0.25, 0.3) is 0 Å². The highest BCUT2D eigenvalue weighted by Gasteiger charge is 2.60. The largest absolute Gasteiger partial charge is 0.392 e. The van der Waals surface area contributed by atoms with Gasteiger partial charge in [0.05, 0.1) is 6.10 Å². The van der Waals surface area contributed by atoms with Crippen molar-refractivity contribution in [2.75, 3.05) is 6.54 Å². The van der Waals surface area contributed by atoms with Crippen molar-refractivity contribution in [1.82, 2.24) is 5.32 Å². The summed E-state index contributed by atoms with van der Waals surface area (Å²) >= 11 is 0. The van der Waals surface area contributed by atoms with Gasteiger partial charge < -0.3 is 10.4 Å². The fraction of sp³-hybridized carbons (Fsp3) is 1.00. The quantitative estimate of drug-likeness (QED) is 0.750. The van der Waals surface area contributed by atoms with E-state index in [4.69, 9.17) is 0 Å². The van der Waals surface area contributed by atoms with E-state index in [-0.39, 0.29) is 6.10 Å². The predicted octanol–water partition coefficient (Wildman–Crippen LogP) is 2.17. The summed E-state index contributed by atoms with van der Waals surface area (Å²) in [6, 6.07) is 0.612. The fourth-order valence-corrected chi connectivity index (χ4v) is 3.83. The average molecular weight is 211 g/mol. The molecule has 2 fully saturated rings. The van der Waals surface area contributed by atoms with Gasteiger partial charge in [0.1, 0.15) is 0 Å². The Morgan fingerprint density at radius 2 is 2.07 bits per heavy atom. The van der Waals surface area contributed by atoms with Gasteiger partial charge in [0.25, 0.3) is 0 Å². The Hall–Kier alpha value is -0.0800. The highest BCUT2D eigenvalue weighted by atomic mass is 16.3. The second kappa shape index (κ2) is 3.46. The number of fused-ring (bicyclic) bond motifs is 2.